The van der Waals surface area contributed by atoms with Crippen molar-refractivity contribution in [1.29, 1.82) is 0 Å². The van der Waals surface area contributed by atoms with E-state index in [9.17, 15) is 19.2 Å². The van der Waals surface area contributed by atoms with Gasteiger partial charge in [-0.25, -0.2) is 9.67 Å². The molecule has 5 heterocycles. The predicted molar refractivity (Wildman–Crippen MR) is 121 cm³/mol. The highest BCUT2D eigenvalue weighted by Gasteiger charge is 2.39. The van der Waals surface area contributed by atoms with Gasteiger partial charge in [0.2, 0.25) is 11.8 Å². The van der Waals surface area contributed by atoms with Crippen molar-refractivity contribution < 1.29 is 23.9 Å². The molecule has 2 N–H and O–H groups in total. The van der Waals surface area contributed by atoms with E-state index in [0.29, 0.717) is 43.2 Å². The minimum absolute atomic E-state index is 0.173. The number of nitrogens with one attached hydrogen (secondary N) is 2. The molecule has 4 amide bonds. The van der Waals surface area contributed by atoms with E-state index in [4.69, 9.17) is 4.74 Å². The molecule has 3 aliphatic heterocycles. The van der Waals surface area contributed by atoms with Crippen LogP contribution in [0.15, 0.2) is 36.8 Å². The van der Waals surface area contributed by atoms with E-state index in [2.05, 4.69) is 25.6 Å². The number of benzene rings is 1. The van der Waals surface area contributed by atoms with Crippen molar-refractivity contribution in [2.75, 3.05) is 19.7 Å². The van der Waals surface area contributed by atoms with Gasteiger partial charge < -0.3 is 19.5 Å². The molecular weight excluding hydrogens is 468 g/mol. The van der Waals surface area contributed by atoms with Gasteiger partial charge in [-0.2, -0.15) is 0 Å². The highest BCUT2D eigenvalue weighted by molar-refractivity contribution is 6.05. The summed E-state index contributed by atoms with van der Waals surface area (Å²) < 4.78 is 7.17. The second-order valence-electron chi connectivity index (χ2n) is 8.87. The first-order valence-corrected chi connectivity index (χ1v) is 11.6. The molecular formula is C23H22N8O5. The normalized spacial score (nSPS) is 22.1. The quantitative estimate of drug-likeness (QED) is 0.483. The Morgan fingerprint density at radius 2 is 2.08 bits per heavy atom. The van der Waals surface area contributed by atoms with Crippen molar-refractivity contribution in [3.63, 3.8) is 0 Å². The number of carbonyl (C=O) groups is 4. The lowest BCUT2D eigenvalue weighted by atomic mass is 10.0. The fourth-order valence-electron chi connectivity index (χ4n) is 4.79. The van der Waals surface area contributed by atoms with Gasteiger partial charge in [0.25, 0.3) is 11.8 Å². The van der Waals surface area contributed by atoms with Crippen LogP contribution in [0.2, 0.25) is 0 Å². The van der Waals surface area contributed by atoms with Gasteiger partial charge in [0.05, 0.1) is 25.0 Å². The highest BCUT2D eigenvalue weighted by atomic mass is 16.5. The maximum absolute atomic E-state index is 13.1. The molecule has 0 saturated carbocycles. The summed E-state index contributed by atoms with van der Waals surface area (Å²) in [7, 11) is 0. The zero-order valence-corrected chi connectivity index (χ0v) is 19.1. The van der Waals surface area contributed by atoms with Gasteiger partial charge in [-0.05, 0) is 24.1 Å². The summed E-state index contributed by atoms with van der Waals surface area (Å²) in [4.78, 5) is 60.2. The van der Waals surface area contributed by atoms with Crippen LogP contribution in [0, 0.1) is 0 Å². The van der Waals surface area contributed by atoms with Crippen LogP contribution in [0.1, 0.15) is 51.2 Å². The maximum atomic E-state index is 13.1. The number of aromatic nitrogens is 5. The second kappa shape index (κ2) is 8.68. The van der Waals surface area contributed by atoms with Crippen LogP contribution < -0.4 is 5.32 Å². The Kier molecular flexibility index (Phi) is 5.33. The SMILES string of the molecule is O=C1CCC(N2Cc3ccc(-n4cc(C(=O)N5CCOC(c6ncc[nH]6)C5)nn4)cc3C2=O)C(=O)N1. The Bertz CT molecular complexity index is 1370. The minimum atomic E-state index is -0.680. The lowest BCUT2D eigenvalue weighted by molar-refractivity contribution is -0.136. The molecule has 0 spiro atoms. The summed E-state index contributed by atoms with van der Waals surface area (Å²) in [5, 5.41) is 10.4. The van der Waals surface area contributed by atoms with Crippen LogP contribution in [0.3, 0.4) is 0 Å². The maximum Gasteiger partial charge on any atom is 0.276 e. The Labute approximate surface area is 204 Å². The number of nitrogens with zero attached hydrogens (tertiary/aromatic N) is 6. The Balaban J connectivity index is 1.18. The molecule has 2 saturated heterocycles. The van der Waals surface area contributed by atoms with Gasteiger partial charge >= 0.3 is 0 Å². The summed E-state index contributed by atoms with van der Waals surface area (Å²) >= 11 is 0. The van der Waals surface area contributed by atoms with Crippen molar-refractivity contribution in [3.8, 4) is 5.69 Å². The number of amides is 4. The molecule has 0 bridgehead atoms. The van der Waals surface area contributed by atoms with Gasteiger partial charge in [0.1, 0.15) is 18.0 Å². The molecule has 2 unspecified atom stereocenters. The smallest absolute Gasteiger partial charge is 0.276 e. The second-order valence-corrected chi connectivity index (χ2v) is 8.87. The van der Waals surface area contributed by atoms with E-state index >= 15 is 0 Å². The third-order valence-electron chi connectivity index (χ3n) is 6.67. The van der Waals surface area contributed by atoms with Crippen molar-refractivity contribution in [3.05, 3.63) is 59.4 Å². The van der Waals surface area contributed by atoms with Crippen LogP contribution in [0.4, 0.5) is 0 Å². The van der Waals surface area contributed by atoms with E-state index in [-0.39, 0.29) is 42.5 Å². The number of hydrogen-bond acceptors (Lipinski definition) is 8. The van der Waals surface area contributed by atoms with Gasteiger partial charge in [0.15, 0.2) is 5.69 Å². The average Bonchev–Trinajstić information content (AvgIpc) is 3.65. The molecule has 184 valence electrons. The number of imidazole rings is 1. The van der Waals surface area contributed by atoms with Gasteiger partial charge in [0, 0.05) is 37.5 Å². The average molecular weight is 490 g/mol. The van der Waals surface area contributed by atoms with Gasteiger partial charge in [-0.1, -0.05) is 11.3 Å². The summed E-state index contributed by atoms with van der Waals surface area (Å²) in [6.07, 6.45) is 5.02. The molecule has 13 heteroatoms. The van der Waals surface area contributed by atoms with E-state index in [1.807, 2.05) is 0 Å². The monoisotopic (exact) mass is 490 g/mol. The number of H-pyrrole nitrogens is 1. The highest BCUT2D eigenvalue weighted by Crippen LogP contribution is 2.29. The zero-order valence-electron chi connectivity index (χ0n) is 19.1. The summed E-state index contributed by atoms with van der Waals surface area (Å²) in [6.45, 7) is 1.42. The first-order valence-electron chi connectivity index (χ1n) is 11.6. The van der Waals surface area contributed by atoms with Crippen LogP contribution in [0.5, 0.6) is 0 Å². The molecule has 6 rings (SSSR count). The number of carbonyl (C=O) groups excluding carboxylic acids is 4. The molecule has 0 aliphatic carbocycles. The first kappa shape index (κ1) is 22.1. The molecule has 0 radical (unpaired) electrons. The van der Waals surface area contributed by atoms with Crippen LogP contribution >= 0.6 is 0 Å². The molecule has 1 aromatic carbocycles. The third-order valence-corrected chi connectivity index (χ3v) is 6.67. The lowest BCUT2D eigenvalue weighted by Gasteiger charge is -2.31. The molecule has 2 fully saturated rings. The van der Waals surface area contributed by atoms with Crippen molar-refractivity contribution in [2.45, 2.75) is 31.5 Å². The standard InChI is InChI=1S/C23H22N8O5/c32-19-4-3-17(21(33)26-19)30-10-13-1-2-14(9-15(13)22(30)34)31-11-16(27-28-31)23(35)29-7-8-36-18(12-29)20-24-5-6-25-20/h1-2,5-6,9,11,17-18H,3-4,7-8,10,12H2,(H,24,25)(H,26,32,33). The number of hydrogen-bond donors (Lipinski definition) is 2. The molecule has 3 aliphatic rings. The summed E-state index contributed by atoms with van der Waals surface area (Å²) in [5.74, 6) is -0.681. The van der Waals surface area contributed by atoms with Crippen molar-refractivity contribution in [1.82, 2.24) is 40.1 Å². The van der Waals surface area contributed by atoms with E-state index < -0.39 is 11.9 Å². The number of rotatable bonds is 4. The zero-order chi connectivity index (χ0) is 24.8. The molecule has 2 atom stereocenters. The topological polar surface area (TPSA) is 155 Å². The molecule has 2 aromatic heterocycles. The molecule has 3 aromatic rings. The minimum Gasteiger partial charge on any atom is -0.367 e. The summed E-state index contributed by atoms with van der Waals surface area (Å²) in [5.41, 5.74) is 1.97. The Hall–Kier alpha value is -4.39. The van der Waals surface area contributed by atoms with Gasteiger partial charge in [-0.3, -0.25) is 24.5 Å². The number of ether oxygens (including phenoxy) is 1. The van der Waals surface area contributed by atoms with E-state index in [1.54, 1.807) is 35.5 Å². The van der Waals surface area contributed by atoms with Crippen LogP contribution in [-0.4, -0.2) is 84.1 Å². The Morgan fingerprint density at radius 1 is 1.19 bits per heavy atom. The number of fused-ring (bicyclic) bond motifs is 1. The number of imide groups is 1. The van der Waals surface area contributed by atoms with E-state index in [1.165, 1.54) is 15.8 Å². The predicted octanol–water partition coefficient (Wildman–Crippen LogP) is -0.0349. The summed E-state index contributed by atoms with van der Waals surface area (Å²) in [6, 6.07) is 4.58. The molecule has 13 nitrogen and oxygen atoms in total. The molecule has 36 heavy (non-hydrogen) atoms. The Morgan fingerprint density at radius 3 is 2.89 bits per heavy atom. The fraction of sp³-hybridized carbons (Fsp3) is 0.348. The van der Waals surface area contributed by atoms with Gasteiger partial charge in [-0.15, -0.1) is 5.10 Å². The van der Waals surface area contributed by atoms with Crippen molar-refractivity contribution >= 4 is 23.6 Å². The number of piperidine rings is 1. The third kappa shape index (κ3) is 3.82. The van der Waals surface area contributed by atoms with E-state index in [0.717, 1.165) is 5.56 Å². The number of morpholine rings is 1. The van der Waals surface area contributed by atoms with Crippen LogP contribution in [0.25, 0.3) is 5.69 Å². The van der Waals surface area contributed by atoms with Crippen LogP contribution in [-0.2, 0) is 20.9 Å². The van der Waals surface area contributed by atoms with Crippen molar-refractivity contribution in [2.24, 2.45) is 0 Å². The lowest BCUT2D eigenvalue weighted by Crippen LogP contribution is -2.52. The fourth-order valence-corrected chi connectivity index (χ4v) is 4.79. The number of aromatic amines is 1. The first-order chi connectivity index (χ1) is 17.5. The largest absolute Gasteiger partial charge is 0.367 e.